The lowest BCUT2D eigenvalue weighted by Crippen LogP contribution is -2.55. The lowest BCUT2D eigenvalue weighted by atomic mass is 10.1. The van der Waals surface area contributed by atoms with Crippen LogP contribution in [-0.2, 0) is 4.74 Å². The fourth-order valence-corrected chi connectivity index (χ4v) is 3.03. The Labute approximate surface area is 149 Å². The van der Waals surface area contributed by atoms with Crippen molar-refractivity contribution in [1.29, 1.82) is 0 Å². The molecule has 1 amide bonds. The van der Waals surface area contributed by atoms with Crippen LogP contribution in [-0.4, -0.2) is 47.2 Å². The van der Waals surface area contributed by atoms with Crippen LogP contribution in [0.3, 0.4) is 0 Å². The molecule has 1 atom stereocenters. The number of carbonyl (C=O) groups excluding carboxylic acids is 1. The van der Waals surface area contributed by atoms with E-state index < -0.39 is 5.60 Å². The summed E-state index contributed by atoms with van der Waals surface area (Å²) in [5.41, 5.74) is 0.0829. The average Bonchev–Trinajstić information content (AvgIpc) is 2.44. The first-order valence-corrected chi connectivity index (χ1v) is 8.56. The van der Waals surface area contributed by atoms with Gasteiger partial charge in [0.05, 0.1) is 4.92 Å². The van der Waals surface area contributed by atoms with E-state index in [1.165, 1.54) is 6.07 Å². The summed E-state index contributed by atoms with van der Waals surface area (Å²) in [5, 5.41) is 11.3. The second-order valence-corrected chi connectivity index (χ2v) is 7.77. The lowest BCUT2D eigenvalue weighted by molar-refractivity contribution is -0.384. The van der Waals surface area contributed by atoms with E-state index in [4.69, 9.17) is 4.74 Å². The van der Waals surface area contributed by atoms with Crippen LogP contribution in [0.25, 0.3) is 0 Å². The molecule has 0 radical (unpaired) electrons. The normalized spacial score (nSPS) is 18.5. The van der Waals surface area contributed by atoms with E-state index in [-0.39, 0.29) is 22.7 Å². The second-order valence-electron chi connectivity index (χ2n) is 6.86. The van der Waals surface area contributed by atoms with Gasteiger partial charge in [-0.15, -0.1) is 0 Å². The summed E-state index contributed by atoms with van der Waals surface area (Å²) in [4.78, 5) is 26.8. The lowest BCUT2D eigenvalue weighted by Gasteiger charge is -2.41. The van der Waals surface area contributed by atoms with Gasteiger partial charge < -0.3 is 14.5 Å². The molecule has 1 saturated heterocycles. The van der Waals surface area contributed by atoms with Crippen molar-refractivity contribution in [3.05, 3.63) is 32.8 Å². The van der Waals surface area contributed by atoms with E-state index in [2.05, 4.69) is 15.9 Å². The van der Waals surface area contributed by atoms with E-state index in [9.17, 15) is 14.9 Å². The maximum Gasteiger partial charge on any atom is 0.410 e. The molecule has 1 unspecified atom stereocenters. The highest BCUT2D eigenvalue weighted by molar-refractivity contribution is 9.10. The number of amides is 1. The number of hydrogen-bond donors (Lipinski definition) is 0. The molecule has 2 rings (SSSR count). The van der Waals surface area contributed by atoms with Gasteiger partial charge in [-0.3, -0.25) is 10.1 Å². The van der Waals surface area contributed by atoms with Crippen molar-refractivity contribution in [2.75, 3.05) is 24.5 Å². The highest BCUT2D eigenvalue weighted by Gasteiger charge is 2.32. The third kappa shape index (κ3) is 4.37. The molecule has 132 valence electrons. The molecule has 1 aromatic rings. The van der Waals surface area contributed by atoms with Gasteiger partial charge in [-0.25, -0.2) is 4.79 Å². The zero-order chi connectivity index (χ0) is 18.1. The van der Waals surface area contributed by atoms with Crippen LogP contribution in [0.1, 0.15) is 27.7 Å². The molecule has 1 aliphatic heterocycles. The van der Waals surface area contributed by atoms with E-state index in [0.717, 1.165) is 0 Å². The van der Waals surface area contributed by atoms with Crippen molar-refractivity contribution in [3.63, 3.8) is 0 Å². The summed E-state index contributed by atoms with van der Waals surface area (Å²) in [5.74, 6) is 0. The Morgan fingerprint density at radius 3 is 2.58 bits per heavy atom. The van der Waals surface area contributed by atoms with Gasteiger partial charge in [0.1, 0.15) is 11.3 Å². The maximum absolute atomic E-state index is 12.3. The number of nitrogens with zero attached hydrogens (tertiary/aromatic N) is 3. The van der Waals surface area contributed by atoms with Crippen molar-refractivity contribution >= 4 is 33.4 Å². The first-order chi connectivity index (χ1) is 11.1. The Balaban J connectivity index is 2.14. The topological polar surface area (TPSA) is 75.9 Å². The average molecular weight is 400 g/mol. The summed E-state index contributed by atoms with van der Waals surface area (Å²) in [7, 11) is 0. The molecule has 1 fully saturated rings. The minimum atomic E-state index is -0.543. The Morgan fingerprint density at radius 2 is 2.04 bits per heavy atom. The number of nitro benzene ring substituents is 1. The van der Waals surface area contributed by atoms with Crippen molar-refractivity contribution < 1.29 is 14.5 Å². The van der Waals surface area contributed by atoms with Gasteiger partial charge in [0, 0.05) is 36.2 Å². The number of ether oxygens (including phenoxy) is 1. The summed E-state index contributed by atoms with van der Waals surface area (Å²) in [6, 6.07) is 4.92. The van der Waals surface area contributed by atoms with Gasteiger partial charge in [0.15, 0.2) is 0 Å². The number of rotatable bonds is 2. The molecule has 1 heterocycles. The minimum absolute atomic E-state index is 0.0577. The fourth-order valence-electron chi connectivity index (χ4n) is 2.68. The molecule has 0 spiro atoms. The SMILES string of the molecule is CC1CN(c2ccc(Br)cc2[N+](=O)[O-])CCN1C(=O)OC(C)(C)C. The number of piperazine rings is 1. The molecular weight excluding hydrogens is 378 g/mol. The third-order valence-corrected chi connectivity index (χ3v) is 4.22. The minimum Gasteiger partial charge on any atom is -0.444 e. The predicted molar refractivity (Wildman–Crippen MR) is 95.4 cm³/mol. The number of hydrogen-bond acceptors (Lipinski definition) is 5. The fraction of sp³-hybridized carbons (Fsp3) is 0.562. The third-order valence-electron chi connectivity index (χ3n) is 3.73. The van der Waals surface area contributed by atoms with Crippen molar-refractivity contribution in [1.82, 2.24) is 4.90 Å². The number of benzene rings is 1. The van der Waals surface area contributed by atoms with Crippen LogP contribution in [0.15, 0.2) is 22.7 Å². The van der Waals surface area contributed by atoms with Crippen LogP contribution in [0.5, 0.6) is 0 Å². The van der Waals surface area contributed by atoms with Gasteiger partial charge in [0.25, 0.3) is 5.69 Å². The zero-order valence-electron chi connectivity index (χ0n) is 14.3. The van der Waals surface area contributed by atoms with Crippen molar-refractivity contribution in [2.24, 2.45) is 0 Å². The molecule has 0 bridgehead atoms. The van der Waals surface area contributed by atoms with Gasteiger partial charge in [-0.2, -0.15) is 0 Å². The number of anilines is 1. The van der Waals surface area contributed by atoms with Crippen LogP contribution < -0.4 is 4.90 Å². The van der Waals surface area contributed by atoms with Gasteiger partial charge in [-0.1, -0.05) is 15.9 Å². The van der Waals surface area contributed by atoms with Crippen molar-refractivity contribution in [3.8, 4) is 0 Å². The molecule has 7 nitrogen and oxygen atoms in total. The van der Waals surface area contributed by atoms with Gasteiger partial charge in [-0.05, 0) is 39.8 Å². The molecule has 0 N–H and O–H groups in total. The molecule has 8 heteroatoms. The summed E-state index contributed by atoms with van der Waals surface area (Å²) >= 11 is 3.26. The van der Waals surface area contributed by atoms with Crippen LogP contribution in [0.4, 0.5) is 16.2 Å². The van der Waals surface area contributed by atoms with E-state index in [1.807, 2.05) is 32.6 Å². The Kier molecular flexibility index (Phi) is 5.37. The van der Waals surface area contributed by atoms with Gasteiger partial charge >= 0.3 is 6.09 Å². The molecule has 0 aromatic heterocycles. The van der Waals surface area contributed by atoms with E-state index >= 15 is 0 Å². The second kappa shape index (κ2) is 6.96. The van der Waals surface area contributed by atoms with Crippen LogP contribution in [0.2, 0.25) is 0 Å². The summed E-state index contributed by atoms with van der Waals surface area (Å²) in [6.07, 6.45) is -0.347. The quantitative estimate of drug-likeness (QED) is 0.558. The van der Waals surface area contributed by atoms with E-state index in [1.54, 1.807) is 17.0 Å². The van der Waals surface area contributed by atoms with Crippen LogP contribution in [0, 0.1) is 10.1 Å². The van der Waals surface area contributed by atoms with Crippen LogP contribution >= 0.6 is 15.9 Å². The molecule has 0 aliphatic carbocycles. The highest BCUT2D eigenvalue weighted by Crippen LogP contribution is 2.32. The summed E-state index contributed by atoms with van der Waals surface area (Å²) < 4.78 is 6.09. The molecule has 0 saturated carbocycles. The molecule has 1 aliphatic rings. The molecule has 24 heavy (non-hydrogen) atoms. The number of nitro groups is 1. The predicted octanol–water partition coefficient (Wildman–Crippen LogP) is 3.80. The first-order valence-electron chi connectivity index (χ1n) is 7.77. The maximum atomic E-state index is 12.3. The monoisotopic (exact) mass is 399 g/mol. The first kappa shape index (κ1) is 18.5. The smallest absolute Gasteiger partial charge is 0.410 e. The van der Waals surface area contributed by atoms with Crippen molar-refractivity contribution in [2.45, 2.75) is 39.3 Å². The summed E-state index contributed by atoms with van der Waals surface area (Å²) in [6.45, 7) is 8.91. The number of carbonyl (C=O) groups is 1. The Bertz CT molecular complexity index is 645. The number of halogens is 1. The van der Waals surface area contributed by atoms with E-state index in [0.29, 0.717) is 29.8 Å². The Morgan fingerprint density at radius 1 is 1.38 bits per heavy atom. The standard InChI is InChI=1S/C16H22BrN3O4/c1-11-10-18(7-8-19(11)15(21)24-16(2,3)4)13-6-5-12(17)9-14(13)20(22)23/h5-6,9,11H,7-8,10H2,1-4H3. The molecule has 1 aromatic carbocycles. The zero-order valence-corrected chi connectivity index (χ0v) is 15.9. The highest BCUT2D eigenvalue weighted by atomic mass is 79.9. The van der Waals surface area contributed by atoms with Gasteiger partial charge in [0.2, 0.25) is 0 Å². The largest absolute Gasteiger partial charge is 0.444 e. The Hall–Kier alpha value is -1.83. The molecular formula is C16H22BrN3O4.